The van der Waals surface area contributed by atoms with Crippen LogP contribution in [0.2, 0.25) is 0 Å². The van der Waals surface area contributed by atoms with E-state index in [9.17, 15) is 23.3 Å². The monoisotopic (exact) mass is 823 g/mol. The van der Waals surface area contributed by atoms with Gasteiger partial charge in [-0.1, -0.05) is 131 Å². The zero-order valence-corrected chi connectivity index (χ0v) is 32.7. The van der Waals surface area contributed by atoms with Crippen LogP contribution in [0.15, 0.2) is 149 Å². The van der Waals surface area contributed by atoms with E-state index in [0.29, 0.717) is 13.0 Å². The lowest BCUT2D eigenvalue weighted by atomic mass is 9.73. The molecule has 7 rings (SSSR count). The van der Waals surface area contributed by atoms with Crippen molar-refractivity contribution < 1.29 is 27.6 Å². The van der Waals surface area contributed by atoms with Crippen LogP contribution in [0, 0.1) is 16.0 Å². The molecule has 5 aromatic carbocycles. The Morgan fingerprint density at radius 2 is 1.35 bits per heavy atom. The van der Waals surface area contributed by atoms with E-state index < -0.39 is 32.2 Å². The summed E-state index contributed by atoms with van der Waals surface area (Å²) in [6.07, 6.45) is 0.384. The lowest BCUT2D eigenvalue weighted by Crippen LogP contribution is -2.69. The smallest absolute Gasteiger partial charge is 0.302 e. The van der Waals surface area contributed by atoms with Gasteiger partial charge in [0.05, 0.1) is 18.1 Å². The van der Waals surface area contributed by atoms with Crippen LogP contribution in [0.3, 0.4) is 0 Å². The second-order valence-electron chi connectivity index (χ2n) is 14.0. The SMILES string of the molecule is CC(=O)OCC1CCN(S(=O)(=O)c2ccccc2[N+](=O)[O-])C[C@H]2[C@@H](c3ccc(Br)cc3)[C@@H](COC(c3ccccc3)(c3ccccc3)c3ccccc3)N2C1. The van der Waals surface area contributed by atoms with Gasteiger partial charge in [0, 0.05) is 61.0 Å². The third-order valence-electron chi connectivity index (χ3n) is 10.8. The number of esters is 1. The topological polar surface area (TPSA) is 119 Å². The number of sulfonamides is 1. The van der Waals surface area contributed by atoms with Crippen molar-refractivity contribution in [1.29, 1.82) is 0 Å². The summed E-state index contributed by atoms with van der Waals surface area (Å²) < 4.78 is 44.0. The van der Waals surface area contributed by atoms with Gasteiger partial charge in [-0.15, -0.1) is 0 Å². The Morgan fingerprint density at radius 3 is 1.89 bits per heavy atom. The maximum atomic E-state index is 14.4. The molecule has 0 aliphatic carbocycles. The van der Waals surface area contributed by atoms with E-state index in [0.717, 1.165) is 26.7 Å². The summed E-state index contributed by atoms with van der Waals surface area (Å²) in [5, 5.41) is 12.0. The van der Waals surface area contributed by atoms with Crippen molar-refractivity contribution in [3.63, 3.8) is 0 Å². The Balaban J connectivity index is 1.32. The molecule has 0 bridgehead atoms. The van der Waals surface area contributed by atoms with Gasteiger partial charge in [0.1, 0.15) is 5.60 Å². The molecule has 12 heteroatoms. The highest BCUT2D eigenvalue weighted by Crippen LogP contribution is 2.47. The maximum absolute atomic E-state index is 14.4. The van der Waals surface area contributed by atoms with Crippen molar-refractivity contribution in [3.8, 4) is 0 Å². The van der Waals surface area contributed by atoms with Crippen LogP contribution in [-0.2, 0) is 29.9 Å². The van der Waals surface area contributed by atoms with Gasteiger partial charge in [0.15, 0.2) is 4.90 Å². The number of fused-ring (bicyclic) bond motifs is 1. The second-order valence-corrected chi connectivity index (χ2v) is 16.9. The summed E-state index contributed by atoms with van der Waals surface area (Å²) in [5.41, 5.74) is 2.45. The van der Waals surface area contributed by atoms with Gasteiger partial charge in [-0.2, -0.15) is 4.31 Å². The number of nitro groups is 1. The number of nitrogens with zero attached hydrogens (tertiary/aromatic N) is 3. The van der Waals surface area contributed by atoms with E-state index >= 15 is 0 Å². The number of hydrogen-bond acceptors (Lipinski definition) is 8. The molecule has 284 valence electrons. The van der Waals surface area contributed by atoms with Gasteiger partial charge in [-0.05, 0) is 46.9 Å². The number of para-hydroxylation sites is 1. The van der Waals surface area contributed by atoms with Crippen LogP contribution < -0.4 is 0 Å². The van der Waals surface area contributed by atoms with Crippen molar-refractivity contribution in [2.24, 2.45) is 5.92 Å². The van der Waals surface area contributed by atoms with E-state index in [2.05, 4.69) is 57.2 Å². The average molecular weight is 825 g/mol. The van der Waals surface area contributed by atoms with Crippen LogP contribution in [0.5, 0.6) is 0 Å². The first-order chi connectivity index (χ1) is 26.6. The molecule has 2 heterocycles. The van der Waals surface area contributed by atoms with E-state index in [1.165, 1.54) is 35.5 Å². The number of hydrogen-bond donors (Lipinski definition) is 0. The van der Waals surface area contributed by atoms with Crippen LogP contribution in [-0.4, -0.2) is 73.4 Å². The van der Waals surface area contributed by atoms with Crippen molar-refractivity contribution >= 4 is 37.6 Å². The van der Waals surface area contributed by atoms with E-state index in [1.54, 1.807) is 0 Å². The molecule has 2 saturated heterocycles. The first kappa shape index (κ1) is 38.6. The Hall–Kier alpha value is -4.72. The Bertz CT molecular complexity index is 2110. The molecule has 0 amide bonds. The number of halogens is 1. The highest BCUT2D eigenvalue weighted by molar-refractivity contribution is 9.10. The third-order valence-corrected chi connectivity index (χ3v) is 13.2. The standard InChI is InChI=1S/C43H42BrN3O7S/c1-31(48)53-29-32-25-26-45(55(51,52)41-20-12-11-19-38(41)47(49)50)28-39-42(33-21-23-37(44)24-22-33)40(46(39)27-32)30-54-43(34-13-5-2-6-14-34,35-15-7-3-8-16-35)36-17-9-4-10-18-36/h2-24,32,39-40,42H,25-30H2,1H3/t32?,39-,40+,42+/m0/s1. The first-order valence-corrected chi connectivity index (χ1v) is 20.5. The minimum atomic E-state index is -4.31. The Labute approximate surface area is 330 Å². The third kappa shape index (κ3) is 7.87. The molecule has 2 fully saturated rings. The number of ether oxygens (including phenoxy) is 2. The van der Waals surface area contributed by atoms with Crippen molar-refractivity contribution in [2.75, 3.05) is 32.8 Å². The van der Waals surface area contributed by atoms with Crippen molar-refractivity contribution in [1.82, 2.24) is 9.21 Å². The van der Waals surface area contributed by atoms with E-state index in [1.807, 2.05) is 78.9 Å². The fourth-order valence-corrected chi connectivity index (χ4v) is 10.1. The zero-order chi connectivity index (χ0) is 38.6. The van der Waals surface area contributed by atoms with Gasteiger partial charge in [-0.25, -0.2) is 8.42 Å². The predicted molar refractivity (Wildman–Crippen MR) is 213 cm³/mol. The van der Waals surface area contributed by atoms with Crippen molar-refractivity contribution in [3.05, 3.63) is 176 Å². The van der Waals surface area contributed by atoms with E-state index in [-0.39, 0.29) is 55.1 Å². The molecule has 0 saturated carbocycles. The highest BCUT2D eigenvalue weighted by atomic mass is 79.9. The number of nitro benzene ring substituents is 1. The molecule has 0 N–H and O–H groups in total. The molecule has 0 aromatic heterocycles. The first-order valence-electron chi connectivity index (χ1n) is 18.3. The average Bonchev–Trinajstić information content (AvgIpc) is 3.19. The zero-order valence-electron chi connectivity index (χ0n) is 30.3. The molecule has 2 aliphatic rings. The number of benzene rings is 5. The van der Waals surface area contributed by atoms with Gasteiger partial charge in [-0.3, -0.25) is 19.8 Å². The quantitative estimate of drug-likeness (QED) is 0.0542. The molecule has 0 radical (unpaired) electrons. The summed E-state index contributed by atoms with van der Waals surface area (Å²) in [5.74, 6) is -0.813. The van der Waals surface area contributed by atoms with Crippen LogP contribution in [0.25, 0.3) is 0 Å². The lowest BCUT2D eigenvalue weighted by Gasteiger charge is -2.58. The Kier molecular flexibility index (Phi) is 11.6. The summed E-state index contributed by atoms with van der Waals surface area (Å²) in [6, 6.07) is 43.4. The Morgan fingerprint density at radius 1 is 0.800 bits per heavy atom. The fourth-order valence-electron chi connectivity index (χ4n) is 8.18. The summed E-state index contributed by atoms with van der Waals surface area (Å²) >= 11 is 3.57. The molecule has 4 atom stereocenters. The summed E-state index contributed by atoms with van der Waals surface area (Å²) in [6.45, 7) is 2.49. The molecule has 1 unspecified atom stereocenters. The van der Waals surface area contributed by atoms with E-state index in [4.69, 9.17) is 9.47 Å². The lowest BCUT2D eigenvalue weighted by molar-refractivity contribution is -0.387. The van der Waals surface area contributed by atoms with Gasteiger partial charge >= 0.3 is 5.97 Å². The second kappa shape index (κ2) is 16.6. The van der Waals surface area contributed by atoms with Crippen LogP contribution in [0.1, 0.15) is 41.5 Å². The fraction of sp³-hybridized carbons (Fsp3) is 0.279. The van der Waals surface area contributed by atoms with Crippen molar-refractivity contribution in [2.45, 2.75) is 41.8 Å². The normalized spacial score (nSPS) is 20.7. The summed E-state index contributed by atoms with van der Waals surface area (Å²) in [4.78, 5) is 25.3. The predicted octanol–water partition coefficient (Wildman–Crippen LogP) is 7.78. The number of rotatable bonds is 12. The molecule has 2 aliphatic heterocycles. The molecule has 10 nitrogen and oxygen atoms in total. The minimum absolute atomic E-state index is 0.104. The molecular weight excluding hydrogens is 782 g/mol. The van der Waals surface area contributed by atoms with Crippen LogP contribution >= 0.6 is 15.9 Å². The van der Waals surface area contributed by atoms with Gasteiger partial charge in [0.2, 0.25) is 10.0 Å². The number of carbonyl (C=O) groups excluding carboxylic acids is 1. The van der Waals surface area contributed by atoms with Crippen LogP contribution in [0.4, 0.5) is 5.69 Å². The van der Waals surface area contributed by atoms with Gasteiger partial charge in [0.25, 0.3) is 5.69 Å². The molecule has 5 aromatic rings. The molecular formula is C43H42BrN3O7S. The molecule has 0 spiro atoms. The summed E-state index contributed by atoms with van der Waals surface area (Å²) in [7, 11) is -4.31. The number of carbonyl (C=O) groups is 1. The minimum Gasteiger partial charge on any atom is -0.466 e. The molecule has 55 heavy (non-hydrogen) atoms. The maximum Gasteiger partial charge on any atom is 0.302 e. The van der Waals surface area contributed by atoms with Gasteiger partial charge < -0.3 is 9.47 Å². The largest absolute Gasteiger partial charge is 0.466 e. The highest BCUT2D eigenvalue weighted by Gasteiger charge is 2.53.